The van der Waals surface area contributed by atoms with Crippen LogP contribution in [0.1, 0.15) is 16.8 Å². The maximum absolute atomic E-state index is 11.6. The third-order valence-corrected chi connectivity index (χ3v) is 3.58. The number of carbonyl (C=O) groups excluding carboxylic acids is 1. The van der Waals surface area contributed by atoms with Gasteiger partial charge in [0.05, 0.1) is 11.4 Å². The molecule has 1 aliphatic rings. The molecule has 0 spiro atoms. The van der Waals surface area contributed by atoms with Crippen LogP contribution in [0.2, 0.25) is 0 Å². The lowest BCUT2D eigenvalue weighted by atomic mass is 10.1. The first-order valence-electron chi connectivity index (χ1n) is 6.67. The number of nitrogen functional groups attached to an aromatic ring is 1. The summed E-state index contributed by atoms with van der Waals surface area (Å²) < 4.78 is 0. The summed E-state index contributed by atoms with van der Waals surface area (Å²) in [6.07, 6.45) is 1.13. The van der Waals surface area contributed by atoms with E-state index in [1.165, 1.54) is 0 Å². The summed E-state index contributed by atoms with van der Waals surface area (Å²) in [5, 5.41) is 2.61. The summed E-state index contributed by atoms with van der Waals surface area (Å²) in [4.78, 5) is 16.2. The molecule has 1 amide bonds. The number of hydrogen-bond acceptors (Lipinski definition) is 4. The smallest absolute Gasteiger partial charge is 0.251 e. The summed E-state index contributed by atoms with van der Waals surface area (Å²) in [5.74, 6) is -0.103. The van der Waals surface area contributed by atoms with Crippen LogP contribution in [-0.2, 0) is 0 Å². The Kier molecular flexibility index (Phi) is 4.27. The summed E-state index contributed by atoms with van der Waals surface area (Å²) in [7, 11) is 3.76. The Morgan fingerprint density at radius 2 is 2.05 bits per heavy atom. The number of rotatable bonds is 2. The highest BCUT2D eigenvalue weighted by Crippen LogP contribution is 2.25. The predicted octanol–water partition coefficient (Wildman–Crippen LogP) is 0.770. The molecule has 1 heterocycles. The molecule has 2 rings (SSSR count). The predicted molar refractivity (Wildman–Crippen MR) is 78.6 cm³/mol. The number of nitrogens with two attached hydrogens (primary N) is 1. The van der Waals surface area contributed by atoms with E-state index in [9.17, 15) is 4.79 Å². The van der Waals surface area contributed by atoms with Crippen molar-refractivity contribution < 1.29 is 4.79 Å². The molecule has 5 nitrogen and oxygen atoms in total. The molecule has 1 fully saturated rings. The zero-order chi connectivity index (χ0) is 13.8. The Morgan fingerprint density at radius 1 is 1.26 bits per heavy atom. The SMILES string of the molecule is CNC(=O)c1ccc(N2CCCN(C)CC2)c(N)c1. The topological polar surface area (TPSA) is 61.6 Å². The summed E-state index contributed by atoms with van der Waals surface area (Å²) >= 11 is 0. The second-order valence-electron chi connectivity index (χ2n) is 5.00. The van der Waals surface area contributed by atoms with Gasteiger partial charge in [0, 0.05) is 32.2 Å². The fourth-order valence-corrected chi connectivity index (χ4v) is 2.42. The molecule has 5 heteroatoms. The zero-order valence-electron chi connectivity index (χ0n) is 11.6. The molecule has 1 aromatic rings. The average molecular weight is 262 g/mol. The van der Waals surface area contributed by atoms with Gasteiger partial charge in [-0.1, -0.05) is 0 Å². The van der Waals surface area contributed by atoms with E-state index in [1.54, 1.807) is 13.1 Å². The van der Waals surface area contributed by atoms with Crippen LogP contribution in [0, 0.1) is 0 Å². The summed E-state index contributed by atoms with van der Waals surface area (Å²) in [6.45, 7) is 4.14. The Bertz CT molecular complexity index is 461. The molecular formula is C14H22N4O. The van der Waals surface area contributed by atoms with Gasteiger partial charge in [0.25, 0.3) is 5.91 Å². The molecule has 1 aromatic carbocycles. The van der Waals surface area contributed by atoms with Crippen molar-refractivity contribution >= 4 is 17.3 Å². The molecule has 1 saturated heterocycles. The lowest BCUT2D eigenvalue weighted by Gasteiger charge is -2.24. The molecule has 19 heavy (non-hydrogen) atoms. The second kappa shape index (κ2) is 5.93. The molecule has 1 aliphatic heterocycles. The van der Waals surface area contributed by atoms with Gasteiger partial charge in [-0.3, -0.25) is 4.79 Å². The minimum atomic E-state index is -0.103. The molecular weight excluding hydrogens is 240 g/mol. The van der Waals surface area contributed by atoms with Gasteiger partial charge in [0.2, 0.25) is 0 Å². The fraction of sp³-hybridized carbons (Fsp3) is 0.500. The van der Waals surface area contributed by atoms with Crippen LogP contribution in [0.3, 0.4) is 0 Å². The van der Waals surface area contributed by atoms with E-state index in [-0.39, 0.29) is 5.91 Å². The molecule has 0 saturated carbocycles. The first kappa shape index (κ1) is 13.7. The molecule has 3 N–H and O–H groups in total. The van der Waals surface area contributed by atoms with Crippen molar-refractivity contribution in [1.82, 2.24) is 10.2 Å². The minimum absolute atomic E-state index is 0.103. The van der Waals surface area contributed by atoms with Crippen LogP contribution < -0.4 is 16.0 Å². The molecule has 104 valence electrons. The van der Waals surface area contributed by atoms with Gasteiger partial charge in [-0.05, 0) is 38.2 Å². The summed E-state index contributed by atoms with van der Waals surface area (Å²) in [5.41, 5.74) is 8.40. The number of carbonyl (C=O) groups is 1. The molecule has 0 atom stereocenters. The van der Waals surface area contributed by atoms with Crippen molar-refractivity contribution in [2.75, 3.05) is 50.9 Å². The number of amides is 1. The monoisotopic (exact) mass is 262 g/mol. The van der Waals surface area contributed by atoms with Crippen molar-refractivity contribution in [3.63, 3.8) is 0 Å². The van der Waals surface area contributed by atoms with Gasteiger partial charge in [0.15, 0.2) is 0 Å². The highest BCUT2D eigenvalue weighted by molar-refractivity contribution is 5.96. The Morgan fingerprint density at radius 3 is 2.74 bits per heavy atom. The van der Waals surface area contributed by atoms with Crippen LogP contribution in [0.5, 0.6) is 0 Å². The minimum Gasteiger partial charge on any atom is -0.397 e. The molecule has 0 bridgehead atoms. The van der Waals surface area contributed by atoms with E-state index in [4.69, 9.17) is 5.73 Å². The van der Waals surface area contributed by atoms with Crippen molar-refractivity contribution in [3.8, 4) is 0 Å². The van der Waals surface area contributed by atoms with Crippen molar-refractivity contribution in [2.45, 2.75) is 6.42 Å². The third kappa shape index (κ3) is 3.17. The number of nitrogens with zero attached hydrogens (tertiary/aromatic N) is 2. The highest BCUT2D eigenvalue weighted by Gasteiger charge is 2.15. The normalized spacial score (nSPS) is 17.1. The number of nitrogens with one attached hydrogen (secondary N) is 1. The number of anilines is 2. The third-order valence-electron chi connectivity index (χ3n) is 3.58. The zero-order valence-corrected chi connectivity index (χ0v) is 11.6. The lowest BCUT2D eigenvalue weighted by molar-refractivity contribution is 0.0963. The lowest BCUT2D eigenvalue weighted by Crippen LogP contribution is -2.29. The highest BCUT2D eigenvalue weighted by atomic mass is 16.1. The van der Waals surface area contributed by atoms with E-state index in [1.807, 2.05) is 12.1 Å². The van der Waals surface area contributed by atoms with Crippen LogP contribution in [-0.4, -0.2) is 51.1 Å². The van der Waals surface area contributed by atoms with E-state index < -0.39 is 0 Å². The average Bonchev–Trinajstić information content (AvgIpc) is 2.62. The quantitative estimate of drug-likeness (QED) is 0.773. The first-order chi connectivity index (χ1) is 9.11. The van der Waals surface area contributed by atoms with E-state index in [2.05, 4.69) is 22.2 Å². The van der Waals surface area contributed by atoms with Crippen LogP contribution in [0.15, 0.2) is 18.2 Å². The van der Waals surface area contributed by atoms with Crippen LogP contribution >= 0.6 is 0 Å². The van der Waals surface area contributed by atoms with Gasteiger partial charge in [-0.25, -0.2) is 0 Å². The largest absolute Gasteiger partial charge is 0.397 e. The Labute approximate surface area is 114 Å². The maximum Gasteiger partial charge on any atom is 0.251 e. The molecule has 0 unspecified atom stereocenters. The molecule has 0 radical (unpaired) electrons. The molecule has 0 aliphatic carbocycles. The van der Waals surface area contributed by atoms with Crippen molar-refractivity contribution in [3.05, 3.63) is 23.8 Å². The van der Waals surface area contributed by atoms with Gasteiger partial charge in [-0.15, -0.1) is 0 Å². The van der Waals surface area contributed by atoms with Crippen LogP contribution in [0.4, 0.5) is 11.4 Å². The summed E-state index contributed by atoms with van der Waals surface area (Å²) in [6, 6.07) is 5.53. The van der Waals surface area contributed by atoms with E-state index in [0.717, 1.165) is 38.3 Å². The van der Waals surface area contributed by atoms with Crippen LogP contribution in [0.25, 0.3) is 0 Å². The van der Waals surface area contributed by atoms with E-state index in [0.29, 0.717) is 11.3 Å². The van der Waals surface area contributed by atoms with Gasteiger partial charge in [-0.2, -0.15) is 0 Å². The number of likely N-dealkylation sites (N-methyl/N-ethyl adjacent to an activating group) is 1. The van der Waals surface area contributed by atoms with Gasteiger partial charge in [0.1, 0.15) is 0 Å². The number of benzene rings is 1. The second-order valence-corrected chi connectivity index (χ2v) is 5.00. The standard InChI is InChI=1S/C14H22N4O/c1-16-14(19)11-4-5-13(12(15)10-11)18-7-3-6-17(2)8-9-18/h4-5,10H,3,6-9,15H2,1-2H3,(H,16,19). The van der Waals surface area contributed by atoms with Gasteiger partial charge >= 0.3 is 0 Å². The molecule has 0 aromatic heterocycles. The fourth-order valence-electron chi connectivity index (χ4n) is 2.42. The van der Waals surface area contributed by atoms with Gasteiger partial charge < -0.3 is 20.9 Å². The van der Waals surface area contributed by atoms with E-state index >= 15 is 0 Å². The van der Waals surface area contributed by atoms with Crippen molar-refractivity contribution in [1.29, 1.82) is 0 Å². The number of hydrogen-bond donors (Lipinski definition) is 2. The van der Waals surface area contributed by atoms with Crippen molar-refractivity contribution in [2.24, 2.45) is 0 Å². The first-order valence-corrected chi connectivity index (χ1v) is 6.67. The Hall–Kier alpha value is -1.75. The Balaban J connectivity index is 2.18. The maximum atomic E-state index is 11.6.